The maximum atomic E-state index is 13.5. The number of carbonyl (C=O) groups is 1. The highest BCUT2D eigenvalue weighted by molar-refractivity contribution is 5.93. The van der Waals surface area contributed by atoms with E-state index in [0.717, 1.165) is 0 Å². The van der Waals surface area contributed by atoms with Crippen LogP contribution in [0.3, 0.4) is 0 Å². The normalized spacial score (nSPS) is 10.9. The molecule has 1 heterocycles. The molecule has 22 heavy (non-hydrogen) atoms. The summed E-state index contributed by atoms with van der Waals surface area (Å²) in [5.41, 5.74) is -0.0380. The van der Waals surface area contributed by atoms with Crippen molar-refractivity contribution in [1.82, 2.24) is 4.57 Å². The molecule has 1 aromatic carbocycles. The fourth-order valence-electron chi connectivity index (χ4n) is 2.28. The molecule has 6 heteroatoms. The largest absolute Gasteiger partial charge is 0.462 e. The summed E-state index contributed by atoms with van der Waals surface area (Å²) in [5, 5.41) is 0.296. The van der Waals surface area contributed by atoms with Crippen molar-refractivity contribution in [2.45, 2.75) is 19.9 Å². The third-order valence-electron chi connectivity index (χ3n) is 3.29. The van der Waals surface area contributed by atoms with E-state index in [1.54, 1.807) is 18.6 Å². The van der Waals surface area contributed by atoms with Gasteiger partial charge in [-0.3, -0.25) is 4.79 Å². The summed E-state index contributed by atoms with van der Waals surface area (Å²) in [7, 11) is 1.59. The minimum atomic E-state index is -0.667. The Morgan fingerprint density at radius 1 is 1.36 bits per heavy atom. The Morgan fingerprint density at radius 3 is 2.82 bits per heavy atom. The maximum absolute atomic E-state index is 13.5. The average molecular weight is 307 g/mol. The fraction of sp³-hybridized carbons (Fsp3) is 0.375. The quantitative estimate of drug-likeness (QED) is 0.607. The van der Waals surface area contributed by atoms with Crippen LogP contribution in [0.1, 0.15) is 23.7 Å². The summed E-state index contributed by atoms with van der Waals surface area (Å²) in [6.45, 7) is 2.88. The van der Waals surface area contributed by atoms with Gasteiger partial charge in [0.1, 0.15) is 11.4 Å². The molecule has 0 unspecified atom stereocenters. The minimum Gasteiger partial charge on any atom is -0.462 e. The number of hydrogen-bond donors (Lipinski definition) is 0. The molecule has 1 aromatic heterocycles. The molecule has 0 spiro atoms. The molecule has 0 radical (unpaired) electrons. The number of ether oxygens (including phenoxy) is 2. The molecule has 0 bridgehead atoms. The van der Waals surface area contributed by atoms with Gasteiger partial charge in [0.15, 0.2) is 0 Å². The highest BCUT2D eigenvalue weighted by atomic mass is 19.1. The van der Waals surface area contributed by atoms with Gasteiger partial charge in [-0.15, -0.1) is 0 Å². The van der Waals surface area contributed by atoms with Gasteiger partial charge in [-0.1, -0.05) is 0 Å². The molecule has 0 saturated carbocycles. The predicted octanol–water partition coefficient (Wildman–Crippen LogP) is 2.35. The van der Waals surface area contributed by atoms with Crippen molar-refractivity contribution in [2.24, 2.45) is 0 Å². The molecule has 0 aliphatic carbocycles. The Balaban J connectivity index is 2.58. The molecule has 0 aliphatic rings. The van der Waals surface area contributed by atoms with Crippen LogP contribution in [-0.4, -0.2) is 30.9 Å². The number of esters is 1. The first-order valence-corrected chi connectivity index (χ1v) is 7.07. The number of benzene rings is 1. The van der Waals surface area contributed by atoms with E-state index in [0.29, 0.717) is 30.5 Å². The number of halogens is 1. The zero-order valence-corrected chi connectivity index (χ0v) is 12.6. The number of aromatic nitrogens is 1. The number of aryl methyl sites for hydroxylation is 1. The van der Waals surface area contributed by atoms with Crippen LogP contribution in [0.4, 0.5) is 4.39 Å². The van der Waals surface area contributed by atoms with Gasteiger partial charge in [0.05, 0.1) is 12.1 Å². The van der Waals surface area contributed by atoms with Crippen LogP contribution in [0.5, 0.6) is 0 Å². The monoisotopic (exact) mass is 307 g/mol. The minimum absolute atomic E-state index is 0.0432. The molecule has 0 amide bonds. The molecule has 2 aromatic rings. The highest BCUT2D eigenvalue weighted by Crippen LogP contribution is 2.15. The number of nitrogens with zero attached hydrogens (tertiary/aromatic N) is 1. The summed E-state index contributed by atoms with van der Waals surface area (Å²) in [4.78, 5) is 24.3. The van der Waals surface area contributed by atoms with Crippen LogP contribution in [-0.2, 0) is 16.0 Å². The molecule has 118 valence electrons. The van der Waals surface area contributed by atoms with Crippen LogP contribution >= 0.6 is 0 Å². The smallest absolute Gasteiger partial charge is 0.343 e. The van der Waals surface area contributed by atoms with E-state index in [9.17, 15) is 14.0 Å². The molecule has 0 N–H and O–H groups in total. The van der Waals surface area contributed by atoms with Crippen LogP contribution in [0, 0.1) is 5.82 Å². The molecule has 0 atom stereocenters. The predicted molar refractivity (Wildman–Crippen MR) is 80.6 cm³/mol. The molecule has 0 saturated heterocycles. The Bertz CT molecular complexity index is 739. The average Bonchev–Trinajstić information content (AvgIpc) is 2.49. The van der Waals surface area contributed by atoms with Gasteiger partial charge in [0, 0.05) is 31.8 Å². The third kappa shape index (κ3) is 3.33. The maximum Gasteiger partial charge on any atom is 0.343 e. The van der Waals surface area contributed by atoms with Crippen LogP contribution in [0.15, 0.2) is 29.2 Å². The molecule has 5 nitrogen and oxygen atoms in total. The van der Waals surface area contributed by atoms with E-state index in [1.807, 2.05) is 0 Å². The number of fused-ring (bicyclic) bond motifs is 1. The topological polar surface area (TPSA) is 57.5 Å². The Kier molecular flexibility index (Phi) is 5.27. The lowest BCUT2D eigenvalue weighted by atomic mass is 10.1. The van der Waals surface area contributed by atoms with Crippen molar-refractivity contribution < 1.29 is 18.7 Å². The van der Waals surface area contributed by atoms with E-state index in [4.69, 9.17) is 9.47 Å². The van der Waals surface area contributed by atoms with Crippen molar-refractivity contribution in [2.75, 3.05) is 20.3 Å². The van der Waals surface area contributed by atoms with Crippen molar-refractivity contribution >= 4 is 16.9 Å². The SMILES string of the molecule is CCOC(=O)c1cn(CCCOC)c2cc(F)ccc2c1=O. The number of rotatable bonds is 6. The lowest BCUT2D eigenvalue weighted by molar-refractivity contribution is 0.0524. The number of methoxy groups -OCH3 is 1. The number of carbonyl (C=O) groups excluding carboxylic acids is 1. The van der Waals surface area contributed by atoms with Gasteiger partial charge in [0.2, 0.25) is 5.43 Å². The van der Waals surface area contributed by atoms with Gasteiger partial charge in [-0.2, -0.15) is 0 Å². The summed E-state index contributed by atoms with van der Waals surface area (Å²) in [6.07, 6.45) is 2.10. The van der Waals surface area contributed by atoms with Crippen LogP contribution < -0.4 is 5.43 Å². The zero-order chi connectivity index (χ0) is 16.1. The first-order valence-electron chi connectivity index (χ1n) is 7.07. The van der Waals surface area contributed by atoms with Gasteiger partial charge >= 0.3 is 5.97 Å². The zero-order valence-electron chi connectivity index (χ0n) is 12.6. The van der Waals surface area contributed by atoms with E-state index < -0.39 is 17.2 Å². The summed E-state index contributed by atoms with van der Waals surface area (Å²) in [5.74, 6) is -1.10. The van der Waals surface area contributed by atoms with Gasteiger partial charge in [0.25, 0.3) is 0 Å². The van der Waals surface area contributed by atoms with E-state index in [-0.39, 0.29) is 12.2 Å². The number of hydrogen-bond acceptors (Lipinski definition) is 4. The summed E-state index contributed by atoms with van der Waals surface area (Å²) >= 11 is 0. The van der Waals surface area contributed by atoms with Gasteiger partial charge < -0.3 is 14.0 Å². The van der Waals surface area contributed by atoms with Crippen molar-refractivity contribution in [3.8, 4) is 0 Å². The Labute approximate surface area is 127 Å². The standard InChI is InChI=1S/C16H18FNO4/c1-3-22-16(20)13-10-18(7-4-8-21-2)14-9-11(17)5-6-12(14)15(13)19/h5-6,9-10H,3-4,7-8H2,1-2H3. The lowest BCUT2D eigenvalue weighted by Crippen LogP contribution is -2.21. The second-order valence-electron chi connectivity index (χ2n) is 4.79. The first kappa shape index (κ1) is 16.2. The summed E-state index contributed by atoms with van der Waals surface area (Å²) in [6, 6.07) is 3.89. The molecule has 2 rings (SSSR count). The second-order valence-corrected chi connectivity index (χ2v) is 4.79. The lowest BCUT2D eigenvalue weighted by Gasteiger charge is -2.13. The van der Waals surface area contributed by atoms with E-state index in [2.05, 4.69) is 0 Å². The van der Waals surface area contributed by atoms with Crippen LogP contribution in [0.2, 0.25) is 0 Å². The second kappa shape index (κ2) is 7.17. The third-order valence-corrected chi connectivity index (χ3v) is 3.29. The Morgan fingerprint density at radius 2 is 2.14 bits per heavy atom. The molecular formula is C16H18FNO4. The van der Waals surface area contributed by atoms with Gasteiger partial charge in [-0.05, 0) is 31.5 Å². The van der Waals surface area contributed by atoms with Crippen molar-refractivity contribution in [3.63, 3.8) is 0 Å². The van der Waals surface area contributed by atoms with Crippen LogP contribution in [0.25, 0.3) is 10.9 Å². The van der Waals surface area contributed by atoms with E-state index >= 15 is 0 Å². The van der Waals surface area contributed by atoms with Gasteiger partial charge in [-0.25, -0.2) is 9.18 Å². The summed E-state index contributed by atoms with van der Waals surface area (Å²) < 4.78 is 25.1. The molecule has 0 fully saturated rings. The molecular weight excluding hydrogens is 289 g/mol. The highest BCUT2D eigenvalue weighted by Gasteiger charge is 2.16. The first-order chi connectivity index (χ1) is 10.6. The van der Waals surface area contributed by atoms with Crippen molar-refractivity contribution in [1.29, 1.82) is 0 Å². The molecule has 0 aliphatic heterocycles. The fourth-order valence-corrected chi connectivity index (χ4v) is 2.28. The van der Waals surface area contributed by atoms with Crippen molar-refractivity contribution in [3.05, 3.63) is 46.0 Å². The number of pyridine rings is 1. The Hall–Kier alpha value is -2.21. The van der Waals surface area contributed by atoms with E-state index in [1.165, 1.54) is 24.4 Å².